The van der Waals surface area contributed by atoms with Crippen LogP contribution in [0.3, 0.4) is 0 Å². The maximum absolute atomic E-state index is 11.6. The van der Waals surface area contributed by atoms with Crippen molar-refractivity contribution >= 4 is 27.6 Å². The Kier molecular flexibility index (Phi) is 2.84. The Morgan fingerprint density at radius 2 is 1.89 bits per heavy atom. The summed E-state index contributed by atoms with van der Waals surface area (Å²) < 4.78 is 0. The predicted octanol–water partition coefficient (Wildman–Crippen LogP) is 3.47. The van der Waals surface area contributed by atoms with Crippen LogP contribution >= 0.6 is 11.8 Å². The van der Waals surface area contributed by atoms with E-state index in [0.29, 0.717) is 17.7 Å². The molecular weight excluding hydrogens is 244 g/mol. The number of carbonyl (C=O) groups is 1. The van der Waals surface area contributed by atoms with Crippen molar-refractivity contribution in [2.24, 2.45) is 0 Å². The minimum atomic E-state index is 0.000610. The second kappa shape index (κ2) is 4.50. The zero-order valence-corrected chi connectivity index (χ0v) is 10.5. The average Bonchev–Trinajstić information content (AvgIpc) is 2.70. The highest BCUT2D eigenvalue weighted by Crippen LogP contribution is 2.28. The van der Waals surface area contributed by atoms with Crippen LogP contribution in [0.4, 0.5) is 0 Å². The van der Waals surface area contributed by atoms with Gasteiger partial charge < -0.3 is 5.11 Å². The molecule has 1 heterocycles. The van der Waals surface area contributed by atoms with Gasteiger partial charge in [0, 0.05) is 12.0 Å². The summed E-state index contributed by atoms with van der Waals surface area (Å²) in [5.41, 5.74) is 1.61. The standard InChI is InChI=1S/C15H12O2S/c16-14-9-18-15(17)13(14)8-10-5-6-11-3-1-2-4-12(11)7-10/h1-7,16H,8-9H2. The van der Waals surface area contributed by atoms with E-state index in [9.17, 15) is 9.90 Å². The van der Waals surface area contributed by atoms with Crippen LogP contribution in [0.1, 0.15) is 5.56 Å². The van der Waals surface area contributed by atoms with Crippen molar-refractivity contribution in [2.75, 3.05) is 5.75 Å². The van der Waals surface area contributed by atoms with Gasteiger partial charge in [-0.05, 0) is 16.3 Å². The number of fused-ring (bicyclic) bond motifs is 1. The van der Waals surface area contributed by atoms with E-state index in [1.807, 2.05) is 18.2 Å². The highest BCUT2D eigenvalue weighted by Gasteiger charge is 2.23. The topological polar surface area (TPSA) is 37.3 Å². The van der Waals surface area contributed by atoms with Gasteiger partial charge in [-0.25, -0.2) is 0 Å². The van der Waals surface area contributed by atoms with Gasteiger partial charge in [0.15, 0.2) is 0 Å². The summed E-state index contributed by atoms with van der Waals surface area (Å²) in [5, 5.41) is 12.0. The fourth-order valence-corrected chi connectivity index (χ4v) is 2.96. The number of thioether (sulfide) groups is 1. The second-order valence-electron chi connectivity index (χ2n) is 4.36. The summed E-state index contributed by atoms with van der Waals surface area (Å²) in [6, 6.07) is 14.3. The first-order chi connectivity index (χ1) is 8.74. The van der Waals surface area contributed by atoms with Gasteiger partial charge >= 0.3 is 0 Å². The van der Waals surface area contributed by atoms with Gasteiger partial charge in [0.1, 0.15) is 5.76 Å². The van der Waals surface area contributed by atoms with E-state index in [4.69, 9.17) is 0 Å². The van der Waals surface area contributed by atoms with E-state index in [0.717, 1.165) is 10.9 Å². The summed E-state index contributed by atoms with van der Waals surface area (Å²) in [4.78, 5) is 11.6. The third kappa shape index (κ3) is 2.02. The lowest BCUT2D eigenvalue weighted by atomic mass is 10.0. The van der Waals surface area contributed by atoms with Crippen molar-refractivity contribution < 1.29 is 9.90 Å². The number of benzene rings is 2. The van der Waals surface area contributed by atoms with Crippen molar-refractivity contribution in [1.29, 1.82) is 0 Å². The number of aliphatic hydroxyl groups is 1. The summed E-state index contributed by atoms with van der Waals surface area (Å²) >= 11 is 1.17. The van der Waals surface area contributed by atoms with Crippen molar-refractivity contribution in [2.45, 2.75) is 6.42 Å². The Bertz CT molecular complexity index is 658. The highest BCUT2D eigenvalue weighted by atomic mass is 32.2. The molecule has 0 aromatic heterocycles. The minimum Gasteiger partial charge on any atom is -0.511 e. The predicted molar refractivity (Wildman–Crippen MR) is 74.8 cm³/mol. The Morgan fingerprint density at radius 1 is 1.11 bits per heavy atom. The molecule has 1 aliphatic rings. The minimum absolute atomic E-state index is 0.000610. The molecule has 3 rings (SSSR count). The number of aliphatic hydroxyl groups excluding tert-OH is 1. The van der Waals surface area contributed by atoms with Crippen LogP contribution in [0.2, 0.25) is 0 Å². The third-order valence-corrected chi connectivity index (χ3v) is 4.06. The molecule has 0 saturated carbocycles. The van der Waals surface area contributed by atoms with Gasteiger partial charge in [-0.2, -0.15) is 0 Å². The lowest BCUT2D eigenvalue weighted by Gasteiger charge is -2.04. The summed E-state index contributed by atoms with van der Waals surface area (Å²) in [7, 11) is 0. The zero-order chi connectivity index (χ0) is 12.5. The molecule has 2 aromatic rings. The zero-order valence-electron chi connectivity index (χ0n) is 9.72. The van der Waals surface area contributed by atoms with Crippen LogP contribution in [0.15, 0.2) is 53.8 Å². The molecule has 0 bridgehead atoms. The number of rotatable bonds is 2. The lowest BCUT2D eigenvalue weighted by Crippen LogP contribution is -1.98. The van der Waals surface area contributed by atoms with Crippen LogP contribution in [0.5, 0.6) is 0 Å². The van der Waals surface area contributed by atoms with Gasteiger partial charge in [-0.1, -0.05) is 54.2 Å². The van der Waals surface area contributed by atoms with Gasteiger partial charge in [-0.3, -0.25) is 4.79 Å². The molecule has 0 amide bonds. The first kappa shape index (κ1) is 11.4. The van der Waals surface area contributed by atoms with Crippen LogP contribution in [-0.4, -0.2) is 16.0 Å². The molecular formula is C15H12O2S. The third-order valence-electron chi connectivity index (χ3n) is 3.13. The Balaban J connectivity index is 1.96. The Morgan fingerprint density at radius 3 is 2.61 bits per heavy atom. The van der Waals surface area contributed by atoms with E-state index in [-0.39, 0.29) is 10.9 Å². The molecule has 3 heteroatoms. The molecule has 0 fully saturated rings. The fraction of sp³-hybridized carbons (Fsp3) is 0.133. The Labute approximate surface area is 109 Å². The normalized spacial score (nSPS) is 15.7. The van der Waals surface area contributed by atoms with Crippen molar-refractivity contribution in [3.63, 3.8) is 0 Å². The summed E-state index contributed by atoms with van der Waals surface area (Å²) in [5.74, 6) is 0.653. The molecule has 1 N–H and O–H groups in total. The molecule has 2 aromatic carbocycles. The van der Waals surface area contributed by atoms with Gasteiger partial charge in [-0.15, -0.1) is 0 Å². The Hall–Kier alpha value is -1.74. The van der Waals surface area contributed by atoms with Crippen molar-refractivity contribution in [1.82, 2.24) is 0 Å². The largest absolute Gasteiger partial charge is 0.511 e. The number of hydrogen-bond donors (Lipinski definition) is 1. The highest BCUT2D eigenvalue weighted by molar-refractivity contribution is 8.14. The first-order valence-corrected chi connectivity index (χ1v) is 6.78. The number of hydrogen-bond acceptors (Lipinski definition) is 3. The smallest absolute Gasteiger partial charge is 0.219 e. The van der Waals surface area contributed by atoms with Gasteiger partial charge in [0.25, 0.3) is 0 Å². The molecule has 0 atom stereocenters. The van der Waals surface area contributed by atoms with E-state index in [1.54, 1.807) is 0 Å². The monoisotopic (exact) mass is 256 g/mol. The second-order valence-corrected chi connectivity index (χ2v) is 5.31. The first-order valence-electron chi connectivity index (χ1n) is 5.80. The van der Waals surface area contributed by atoms with Crippen LogP contribution in [0, 0.1) is 0 Å². The molecule has 0 spiro atoms. The molecule has 0 radical (unpaired) electrons. The average molecular weight is 256 g/mol. The van der Waals surface area contributed by atoms with Crippen molar-refractivity contribution in [3.05, 3.63) is 59.4 Å². The SMILES string of the molecule is O=C1SCC(O)=C1Cc1ccc2ccccc2c1. The van der Waals surface area contributed by atoms with Crippen molar-refractivity contribution in [3.8, 4) is 0 Å². The molecule has 0 aliphatic carbocycles. The molecule has 0 unspecified atom stereocenters. The van der Waals surface area contributed by atoms with Crippen LogP contribution < -0.4 is 0 Å². The van der Waals surface area contributed by atoms with E-state index < -0.39 is 0 Å². The van der Waals surface area contributed by atoms with E-state index in [2.05, 4.69) is 24.3 Å². The molecule has 0 saturated heterocycles. The molecule has 1 aliphatic heterocycles. The maximum atomic E-state index is 11.6. The molecule has 90 valence electrons. The van der Waals surface area contributed by atoms with Gasteiger partial charge in [0.2, 0.25) is 5.12 Å². The van der Waals surface area contributed by atoms with Crippen LogP contribution in [0.25, 0.3) is 10.8 Å². The number of carbonyl (C=O) groups excluding carboxylic acids is 1. The molecule has 18 heavy (non-hydrogen) atoms. The maximum Gasteiger partial charge on any atom is 0.219 e. The van der Waals surface area contributed by atoms with Gasteiger partial charge in [0.05, 0.1) is 5.75 Å². The van der Waals surface area contributed by atoms with Crippen LogP contribution in [-0.2, 0) is 11.2 Å². The fourth-order valence-electron chi connectivity index (χ4n) is 2.15. The van der Waals surface area contributed by atoms with E-state index >= 15 is 0 Å². The summed E-state index contributed by atoms with van der Waals surface area (Å²) in [6.07, 6.45) is 0.516. The summed E-state index contributed by atoms with van der Waals surface area (Å²) in [6.45, 7) is 0. The lowest BCUT2D eigenvalue weighted by molar-refractivity contribution is -0.107. The molecule has 2 nitrogen and oxygen atoms in total. The quantitative estimate of drug-likeness (QED) is 0.894. The van der Waals surface area contributed by atoms with E-state index in [1.165, 1.54) is 17.1 Å².